The van der Waals surface area contributed by atoms with Crippen LogP contribution in [0.15, 0.2) is 42.5 Å². The van der Waals surface area contributed by atoms with Crippen LogP contribution in [-0.4, -0.2) is 31.0 Å². The van der Waals surface area contributed by atoms with Crippen LogP contribution in [0.4, 0.5) is 18.9 Å². The van der Waals surface area contributed by atoms with Crippen molar-refractivity contribution in [3.63, 3.8) is 0 Å². The predicted molar refractivity (Wildman–Crippen MR) is 103 cm³/mol. The molecule has 1 N–H and O–H groups in total. The van der Waals surface area contributed by atoms with Crippen molar-refractivity contribution in [3.8, 4) is 0 Å². The largest absolute Gasteiger partial charge is 0.471 e. The van der Waals surface area contributed by atoms with Gasteiger partial charge in [0.25, 0.3) is 0 Å². The monoisotopic (exact) mass is 402 g/mol. The third kappa shape index (κ3) is 3.50. The normalized spacial score (nSPS) is 23.3. The molecule has 2 aromatic carbocycles. The molecule has 1 fully saturated rings. The first kappa shape index (κ1) is 19.5. The number of fused-ring (bicyclic) bond motifs is 5. The Morgan fingerprint density at radius 3 is 2.55 bits per heavy atom. The molecule has 7 heteroatoms. The van der Waals surface area contributed by atoms with Crippen LogP contribution >= 0.6 is 0 Å². The van der Waals surface area contributed by atoms with Crippen molar-refractivity contribution in [1.82, 2.24) is 5.32 Å². The highest BCUT2D eigenvalue weighted by Crippen LogP contribution is 2.46. The second kappa shape index (κ2) is 7.21. The molecular formula is C22H21F3N2O2. The lowest BCUT2D eigenvalue weighted by Gasteiger charge is -2.41. The number of alkyl halides is 3. The minimum absolute atomic E-state index is 0.0370. The highest BCUT2D eigenvalue weighted by Gasteiger charge is 2.42. The number of anilines is 1. The van der Waals surface area contributed by atoms with Gasteiger partial charge in [-0.15, -0.1) is 0 Å². The molecule has 1 amide bonds. The van der Waals surface area contributed by atoms with E-state index in [2.05, 4.69) is 17.1 Å². The number of nitrogens with one attached hydrogen (secondary N) is 1. The number of piperidine rings is 1. The maximum atomic E-state index is 12.7. The SMILES string of the molecule is C[C@@H]1c2ccccc2[C@H]2C[C@H](NC(=O)C(F)(F)F)CCN2c2ccc(C=O)cc21. The molecule has 2 aromatic rings. The molecule has 2 aliphatic rings. The number of rotatable bonds is 2. The number of aldehydes is 1. The molecule has 0 unspecified atom stereocenters. The maximum Gasteiger partial charge on any atom is 0.471 e. The van der Waals surface area contributed by atoms with E-state index in [9.17, 15) is 22.8 Å². The Morgan fingerprint density at radius 1 is 1.14 bits per heavy atom. The third-order valence-electron chi connectivity index (χ3n) is 5.98. The number of nitrogens with zero attached hydrogens (tertiary/aromatic N) is 1. The van der Waals surface area contributed by atoms with Crippen molar-refractivity contribution < 1.29 is 22.8 Å². The molecule has 0 spiro atoms. The van der Waals surface area contributed by atoms with E-state index in [1.165, 1.54) is 0 Å². The standard InChI is InChI=1S/C22H21F3N2O2/c1-13-16-4-2-3-5-17(16)20-11-15(26-21(29)22(23,24)25)8-9-27(20)19-7-6-14(12-28)10-18(13)19/h2-7,10,12-13,15,20H,8-9,11H2,1H3,(H,26,29)/t13-,15-,20-/m1/s1. The summed E-state index contributed by atoms with van der Waals surface area (Å²) in [4.78, 5) is 24.9. The van der Waals surface area contributed by atoms with Crippen LogP contribution in [0.5, 0.6) is 0 Å². The van der Waals surface area contributed by atoms with E-state index in [-0.39, 0.29) is 12.0 Å². The molecule has 3 atom stereocenters. The van der Waals surface area contributed by atoms with Crippen molar-refractivity contribution in [1.29, 1.82) is 0 Å². The van der Waals surface area contributed by atoms with Gasteiger partial charge in [-0.3, -0.25) is 9.59 Å². The fourth-order valence-electron chi connectivity index (χ4n) is 4.58. The Hall–Kier alpha value is -2.83. The van der Waals surface area contributed by atoms with Gasteiger partial charge in [-0.1, -0.05) is 31.2 Å². The zero-order valence-electron chi connectivity index (χ0n) is 15.9. The first-order valence-corrected chi connectivity index (χ1v) is 9.62. The van der Waals surface area contributed by atoms with Gasteiger partial charge in [0.2, 0.25) is 0 Å². The van der Waals surface area contributed by atoms with Crippen molar-refractivity contribution >= 4 is 17.9 Å². The summed E-state index contributed by atoms with van der Waals surface area (Å²) in [5, 5.41) is 2.16. The zero-order valence-corrected chi connectivity index (χ0v) is 15.9. The van der Waals surface area contributed by atoms with Crippen LogP contribution in [0.1, 0.15) is 58.8 Å². The Labute approximate surface area is 166 Å². The maximum absolute atomic E-state index is 12.7. The number of amides is 1. The quantitative estimate of drug-likeness (QED) is 0.760. The van der Waals surface area contributed by atoms with Crippen LogP contribution in [0.25, 0.3) is 0 Å². The topological polar surface area (TPSA) is 49.4 Å². The van der Waals surface area contributed by atoms with Gasteiger partial charge in [0.15, 0.2) is 0 Å². The van der Waals surface area contributed by atoms with E-state index in [1.54, 1.807) is 6.07 Å². The highest BCUT2D eigenvalue weighted by atomic mass is 19.4. The summed E-state index contributed by atoms with van der Waals surface area (Å²) in [6.07, 6.45) is -3.25. The Bertz CT molecular complexity index is 957. The number of carbonyl (C=O) groups excluding carboxylic acids is 2. The van der Waals surface area contributed by atoms with Crippen LogP contribution in [0.3, 0.4) is 0 Å². The Morgan fingerprint density at radius 2 is 1.86 bits per heavy atom. The Balaban J connectivity index is 1.74. The highest BCUT2D eigenvalue weighted by molar-refractivity contribution is 5.82. The van der Waals surface area contributed by atoms with Gasteiger partial charge < -0.3 is 10.2 Å². The minimum atomic E-state index is -4.88. The number of benzene rings is 2. The van der Waals surface area contributed by atoms with E-state index in [1.807, 2.05) is 36.4 Å². The third-order valence-corrected chi connectivity index (χ3v) is 5.98. The van der Waals surface area contributed by atoms with E-state index in [4.69, 9.17) is 0 Å². The summed E-state index contributed by atoms with van der Waals surface area (Å²) in [5.74, 6) is -1.85. The van der Waals surface area contributed by atoms with Gasteiger partial charge in [-0.25, -0.2) is 0 Å². The van der Waals surface area contributed by atoms with Crippen molar-refractivity contribution in [2.24, 2.45) is 0 Å². The fourth-order valence-corrected chi connectivity index (χ4v) is 4.58. The first-order valence-electron chi connectivity index (χ1n) is 9.62. The van der Waals surface area contributed by atoms with Gasteiger partial charge in [-0.05, 0) is 47.7 Å². The molecule has 0 aliphatic carbocycles. The summed E-state index contributed by atoms with van der Waals surface area (Å²) in [5.41, 5.74) is 4.76. The van der Waals surface area contributed by atoms with Gasteiger partial charge in [0, 0.05) is 29.8 Å². The van der Waals surface area contributed by atoms with Crippen molar-refractivity contribution in [2.75, 3.05) is 11.4 Å². The second-order valence-electron chi connectivity index (χ2n) is 7.69. The first-order chi connectivity index (χ1) is 13.8. The zero-order chi connectivity index (χ0) is 20.8. The van der Waals surface area contributed by atoms with Crippen LogP contribution < -0.4 is 10.2 Å². The van der Waals surface area contributed by atoms with Gasteiger partial charge in [0.1, 0.15) is 6.29 Å². The molecule has 152 valence electrons. The number of carbonyl (C=O) groups is 2. The fraction of sp³-hybridized carbons (Fsp3) is 0.364. The summed E-state index contributed by atoms with van der Waals surface area (Å²) in [7, 11) is 0. The minimum Gasteiger partial charge on any atom is -0.364 e. The molecule has 4 rings (SSSR count). The lowest BCUT2D eigenvalue weighted by atomic mass is 9.86. The molecule has 29 heavy (non-hydrogen) atoms. The summed E-state index contributed by atoms with van der Waals surface area (Å²) < 4.78 is 38.1. The smallest absolute Gasteiger partial charge is 0.364 e. The van der Waals surface area contributed by atoms with E-state index < -0.39 is 18.1 Å². The van der Waals surface area contributed by atoms with Crippen molar-refractivity contribution in [3.05, 3.63) is 64.7 Å². The average molecular weight is 402 g/mol. The van der Waals surface area contributed by atoms with E-state index in [0.29, 0.717) is 24.9 Å². The predicted octanol–water partition coefficient (Wildman–Crippen LogP) is 4.35. The molecule has 2 aliphatic heterocycles. The lowest BCUT2D eigenvalue weighted by Crippen LogP contribution is -2.49. The number of hydrogen-bond acceptors (Lipinski definition) is 3. The number of hydrogen-bond donors (Lipinski definition) is 1. The van der Waals surface area contributed by atoms with Gasteiger partial charge in [-0.2, -0.15) is 13.2 Å². The molecule has 0 aromatic heterocycles. The Kier molecular flexibility index (Phi) is 4.84. The van der Waals surface area contributed by atoms with Crippen LogP contribution in [0, 0.1) is 0 Å². The summed E-state index contributed by atoms with van der Waals surface area (Å²) in [6, 6.07) is 12.8. The second-order valence-corrected chi connectivity index (χ2v) is 7.69. The van der Waals surface area contributed by atoms with Crippen molar-refractivity contribution in [2.45, 2.75) is 43.9 Å². The van der Waals surface area contributed by atoms with Gasteiger partial charge in [0.05, 0.1) is 6.04 Å². The van der Waals surface area contributed by atoms with E-state index >= 15 is 0 Å². The summed E-state index contributed by atoms with van der Waals surface area (Å²) in [6.45, 7) is 2.59. The average Bonchev–Trinajstić information content (AvgIpc) is 2.81. The molecule has 1 saturated heterocycles. The van der Waals surface area contributed by atoms with Crippen LogP contribution in [-0.2, 0) is 4.79 Å². The molecular weight excluding hydrogens is 381 g/mol. The van der Waals surface area contributed by atoms with Crippen LogP contribution in [0.2, 0.25) is 0 Å². The molecule has 0 radical (unpaired) electrons. The molecule has 0 bridgehead atoms. The molecule has 4 nitrogen and oxygen atoms in total. The molecule has 0 saturated carbocycles. The lowest BCUT2D eigenvalue weighted by molar-refractivity contribution is -0.174. The summed E-state index contributed by atoms with van der Waals surface area (Å²) >= 11 is 0. The number of halogens is 3. The molecule has 2 heterocycles. The van der Waals surface area contributed by atoms with Gasteiger partial charge >= 0.3 is 12.1 Å². The van der Waals surface area contributed by atoms with E-state index in [0.717, 1.165) is 28.7 Å².